The molecule has 1 aliphatic heterocycles. The van der Waals surface area contributed by atoms with Gasteiger partial charge in [0.2, 0.25) is 0 Å². The molecule has 0 amide bonds. The maximum absolute atomic E-state index is 3.65. The van der Waals surface area contributed by atoms with Crippen molar-refractivity contribution in [1.82, 2.24) is 10.2 Å². The standard InChI is InChI=1S/C14H30N2/c1-11(2)14(5)15-9-13(4)16-8-6-7-12(3)10-16/h11-15H,6-10H2,1-5H3. The quantitative estimate of drug-likeness (QED) is 0.775. The zero-order chi connectivity index (χ0) is 12.1. The van der Waals surface area contributed by atoms with Crippen LogP contribution in [0.5, 0.6) is 0 Å². The van der Waals surface area contributed by atoms with Crippen molar-refractivity contribution in [2.45, 2.75) is 59.5 Å². The fourth-order valence-corrected chi connectivity index (χ4v) is 2.35. The summed E-state index contributed by atoms with van der Waals surface area (Å²) in [5.74, 6) is 1.62. The predicted molar refractivity (Wildman–Crippen MR) is 71.7 cm³/mol. The lowest BCUT2D eigenvalue weighted by Crippen LogP contribution is -2.47. The summed E-state index contributed by atoms with van der Waals surface area (Å²) in [6, 6.07) is 1.31. The number of nitrogens with zero attached hydrogens (tertiary/aromatic N) is 1. The molecule has 0 aromatic carbocycles. The molecule has 0 aromatic rings. The molecule has 3 unspecified atom stereocenters. The number of nitrogens with one attached hydrogen (secondary N) is 1. The molecule has 96 valence electrons. The molecular formula is C14H30N2. The average molecular weight is 226 g/mol. The summed E-state index contributed by atoms with van der Waals surface area (Å²) in [6.45, 7) is 15.3. The smallest absolute Gasteiger partial charge is 0.0192 e. The monoisotopic (exact) mass is 226 g/mol. The summed E-state index contributed by atoms with van der Waals surface area (Å²) in [4.78, 5) is 2.65. The van der Waals surface area contributed by atoms with Gasteiger partial charge in [0, 0.05) is 25.2 Å². The van der Waals surface area contributed by atoms with Gasteiger partial charge < -0.3 is 5.32 Å². The van der Waals surface area contributed by atoms with Gasteiger partial charge in [-0.25, -0.2) is 0 Å². The molecule has 0 radical (unpaired) electrons. The summed E-state index contributed by atoms with van der Waals surface area (Å²) in [5, 5.41) is 3.65. The molecule has 0 saturated carbocycles. The van der Waals surface area contributed by atoms with Crippen molar-refractivity contribution in [1.29, 1.82) is 0 Å². The van der Waals surface area contributed by atoms with Gasteiger partial charge in [0.25, 0.3) is 0 Å². The Morgan fingerprint density at radius 2 is 1.94 bits per heavy atom. The average Bonchev–Trinajstić information content (AvgIpc) is 2.25. The van der Waals surface area contributed by atoms with Crippen LogP contribution in [0.15, 0.2) is 0 Å². The first-order valence-electron chi connectivity index (χ1n) is 6.98. The third-order valence-corrected chi connectivity index (χ3v) is 4.05. The molecule has 0 aliphatic carbocycles. The van der Waals surface area contributed by atoms with Gasteiger partial charge >= 0.3 is 0 Å². The minimum atomic E-state index is 0.629. The van der Waals surface area contributed by atoms with Gasteiger partial charge in [-0.1, -0.05) is 20.8 Å². The fraction of sp³-hybridized carbons (Fsp3) is 1.00. The molecule has 2 heteroatoms. The van der Waals surface area contributed by atoms with Crippen LogP contribution in [0.25, 0.3) is 0 Å². The highest BCUT2D eigenvalue weighted by Crippen LogP contribution is 2.17. The first-order chi connectivity index (χ1) is 7.50. The van der Waals surface area contributed by atoms with Gasteiger partial charge in [0.1, 0.15) is 0 Å². The van der Waals surface area contributed by atoms with Crippen LogP contribution in [0.3, 0.4) is 0 Å². The van der Waals surface area contributed by atoms with Crippen molar-refractivity contribution < 1.29 is 0 Å². The lowest BCUT2D eigenvalue weighted by atomic mass is 9.99. The van der Waals surface area contributed by atoms with E-state index in [-0.39, 0.29) is 0 Å². The van der Waals surface area contributed by atoms with Gasteiger partial charge in [0.15, 0.2) is 0 Å². The highest BCUT2D eigenvalue weighted by Gasteiger charge is 2.21. The molecule has 1 rings (SSSR count). The van der Waals surface area contributed by atoms with E-state index in [9.17, 15) is 0 Å². The largest absolute Gasteiger partial charge is 0.312 e. The molecule has 1 aliphatic rings. The molecule has 0 aromatic heterocycles. The van der Waals surface area contributed by atoms with E-state index in [1.165, 1.54) is 25.9 Å². The molecule has 3 atom stereocenters. The van der Waals surface area contributed by atoms with Crippen molar-refractivity contribution >= 4 is 0 Å². The molecule has 16 heavy (non-hydrogen) atoms. The third kappa shape index (κ3) is 4.42. The van der Waals surface area contributed by atoms with Gasteiger partial charge in [0.05, 0.1) is 0 Å². The van der Waals surface area contributed by atoms with Crippen LogP contribution in [0.4, 0.5) is 0 Å². The maximum Gasteiger partial charge on any atom is 0.0192 e. The lowest BCUT2D eigenvalue weighted by Gasteiger charge is -2.36. The van der Waals surface area contributed by atoms with E-state index >= 15 is 0 Å². The maximum atomic E-state index is 3.65. The van der Waals surface area contributed by atoms with Crippen LogP contribution in [-0.2, 0) is 0 Å². The summed E-state index contributed by atoms with van der Waals surface area (Å²) in [7, 11) is 0. The Morgan fingerprint density at radius 1 is 1.25 bits per heavy atom. The topological polar surface area (TPSA) is 15.3 Å². The molecular weight excluding hydrogens is 196 g/mol. The van der Waals surface area contributed by atoms with Crippen molar-refractivity contribution in [3.8, 4) is 0 Å². The van der Waals surface area contributed by atoms with Crippen LogP contribution in [-0.4, -0.2) is 36.6 Å². The number of hydrogen-bond acceptors (Lipinski definition) is 2. The van der Waals surface area contributed by atoms with Gasteiger partial charge in [-0.3, -0.25) is 4.90 Å². The second kappa shape index (κ2) is 6.61. The van der Waals surface area contributed by atoms with Gasteiger partial charge in [-0.15, -0.1) is 0 Å². The predicted octanol–water partition coefficient (Wildman–Crippen LogP) is 2.74. The van der Waals surface area contributed by atoms with Crippen LogP contribution < -0.4 is 5.32 Å². The molecule has 1 saturated heterocycles. The Hall–Kier alpha value is -0.0800. The summed E-state index contributed by atoms with van der Waals surface area (Å²) >= 11 is 0. The zero-order valence-electron chi connectivity index (χ0n) is 11.8. The van der Waals surface area contributed by atoms with Gasteiger partial charge in [-0.2, -0.15) is 0 Å². The highest BCUT2D eigenvalue weighted by molar-refractivity contribution is 4.77. The second-order valence-electron chi connectivity index (χ2n) is 6.03. The van der Waals surface area contributed by atoms with Crippen molar-refractivity contribution in [2.75, 3.05) is 19.6 Å². The van der Waals surface area contributed by atoms with Crippen LogP contribution in [0.1, 0.15) is 47.5 Å². The Bertz CT molecular complexity index is 191. The number of hydrogen-bond donors (Lipinski definition) is 1. The van der Waals surface area contributed by atoms with E-state index in [0.717, 1.165) is 18.4 Å². The Morgan fingerprint density at radius 3 is 2.50 bits per heavy atom. The van der Waals surface area contributed by atoms with Crippen LogP contribution >= 0.6 is 0 Å². The molecule has 1 heterocycles. The normalized spacial score (nSPS) is 27.0. The minimum Gasteiger partial charge on any atom is -0.312 e. The number of rotatable bonds is 5. The Kier molecular flexibility index (Phi) is 5.77. The van der Waals surface area contributed by atoms with E-state index in [1.54, 1.807) is 0 Å². The van der Waals surface area contributed by atoms with E-state index in [2.05, 4.69) is 44.8 Å². The zero-order valence-corrected chi connectivity index (χ0v) is 11.8. The van der Waals surface area contributed by atoms with E-state index in [0.29, 0.717) is 12.1 Å². The lowest BCUT2D eigenvalue weighted by molar-refractivity contribution is 0.134. The molecule has 1 N–H and O–H groups in total. The Labute approximate surface area is 102 Å². The summed E-state index contributed by atoms with van der Waals surface area (Å²) in [6.07, 6.45) is 2.80. The fourth-order valence-electron chi connectivity index (χ4n) is 2.35. The number of likely N-dealkylation sites (tertiary alicyclic amines) is 1. The van der Waals surface area contributed by atoms with E-state index < -0.39 is 0 Å². The van der Waals surface area contributed by atoms with E-state index in [4.69, 9.17) is 0 Å². The highest BCUT2D eigenvalue weighted by atomic mass is 15.2. The van der Waals surface area contributed by atoms with Crippen molar-refractivity contribution in [2.24, 2.45) is 11.8 Å². The van der Waals surface area contributed by atoms with Crippen molar-refractivity contribution in [3.05, 3.63) is 0 Å². The molecule has 0 bridgehead atoms. The summed E-state index contributed by atoms with van der Waals surface area (Å²) < 4.78 is 0. The first-order valence-corrected chi connectivity index (χ1v) is 6.98. The number of piperidine rings is 1. The first kappa shape index (κ1) is 14.0. The molecule has 2 nitrogen and oxygen atoms in total. The van der Waals surface area contributed by atoms with Crippen molar-refractivity contribution in [3.63, 3.8) is 0 Å². The summed E-state index contributed by atoms with van der Waals surface area (Å²) in [5.41, 5.74) is 0. The Balaban J connectivity index is 2.26. The SMILES string of the molecule is CC1CCCN(C(C)CNC(C)C(C)C)C1. The van der Waals surface area contributed by atoms with E-state index in [1.807, 2.05) is 0 Å². The molecule has 0 spiro atoms. The van der Waals surface area contributed by atoms with Gasteiger partial charge in [-0.05, 0) is 45.1 Å². The second-order valence-corrected chi connectivity index (χ2v) is 6.03. The minimum absolute atomic E-state index is 0.629. The van der Waals surface area contributed by atoms with Crippen LogP contribution in [0.2, 0.25) is 0 Å². The van der Waals surface area contributed by atoms with Crippen LogP contribution in [0, 0.1) is 11.8 Å². The molecule has 1 fully saturated rings. The third-order valence-electron chi connectivity index (χ3n) is 4.05.